The molecule has 5 aromatic carbocycles. The predicted octanol–water partition coefficient (Wildman–Crippen LogP) is 15.1. The lowest BCUT2D eigenvalue weighted by Crippen LogP contribution is -2.61. The molecule has 0 N–H and O–H groups in total. The number of anilines is 6. The monoisotopic (exact) mass is 849 g/mol. The molecule has 0 unspecified atom stereocenters. The van der Waals surface area contributed by atoms with Crippen LogP contribution < -0.4 is 26.4 Å². The SMILES string of the molecule is CC(C)(C)c1ccc(N2c3cc(C(C)(C)C)ccc3B3c4oc5cc6c(cc5c4N(c4ccc5c(c4)C(C)(C)CCC5(C)C)c4cc(C(C)(C)C)cc2c43)C(C)(C)CCC6(C)C)cc1. The fourth-order valence-corrected chi connectivity index (χ4v) is 11.8. The molecular formula is C60H73BN2O. The maximum atomic E-state index is 7.59. The molecule has 3 nitrogen and oxygen atoms in total. The van der Waals surface area contributed by atoms with Crippen molar-refractivity contribution in [2.45, 2.75) is 181 Å². The maximum absolute atomic E-state index is 7.59. The molecule has 0 spiro atoms. The van der Waals surface area contributed by atoms with Crippen molar-refractivity contribution in [3.05, 3.63) is 124 Å². The molecule has 0 bridgehead atoms. The zero-order valence-corrected chi connectivity index (χ0v) is 42.3. The van der Waals surface area contributed by atoms with Crippen molar-refractivity contribution < 1.29 is 4.42 Å². The number of nitrogens with zero attached hydrogens (tertiary/aromatic N) is 2. The molecule has 2 aliphatic carbocycles. The number of rotatable bonds is 2. The van der Waals surface area contributed by atoms with Crippen molar-refractivity contribution in [1.29, 1.82) is 0 Å². The van der Waals surface area contributed by atoms with Crippen LogP contribution in [-0.2, 0) is 37.9 Å². The van der Waals surface area contributed by atoms with Crippen molar-refractivity contribution in [2.75, 3.05) is 9.80 Å². The number of furan rings is 1. The summed E-state index contributed by atoms with van der Waals surface area (Å²) in [5.74, 6) is 0. The van der Waals surface area contributed by atoms with Gasteiger partial charge in [0, 0.05) is 33.8 Å². The lowest BCUT2D eigenvalue weighted by Gasteiger charge is -2.45. The first kappa shape index (κ1) is 43.2. The van der Waals surface area contributed by atoms with Gasteiger partial charge in [0.1, 0.15) is 5.58 Å². The van der Waals surface area contributed by atoms with Crippen molar-refractivity contribution in [2.24, 2.45) is 0 Å². The van der Waals surface area contributed by atoms with Gasteiger partial charge in [0.2, 0.25) is 0 Å². The van der Waals surface area contributed by atoms with E-state index in [1.807, 2.05) is 0 Å². The normalized spacial score (nSPS) is 19.2. The first-order valence-corrected chi connectivity index (χ1v) is 24.4. The number of hydrogen-bond donors (Lipinski definition) is 0. The van der Waals surface area contributed by atoms with Crippen LogP contribution in [0.4, 0.5) is 34.1 Å². The standard InChI is InChI=1S/C60H73BN2O/c1-54(2,3)36-18-21-39(22-19-36)62-47-30-37(55(4,5)6)20-25-46(47)61-51-48(62)31-38(56(7,8)9)32-49(51)63(40-23-24-42-43(33-40)58(12,13)27-26-57(42,10)11)52-41-34-44-45(35-50(41)64-53(52)61)60(16,17)29-28-59(44,14)15/h18-25,30-35H,26-29H2,1-17H3. The number of hydrogen-bond acceptors (Lipinski definition) is 3. The van der Waals surface area contributed by atoms with Crippen LogP contribution in [-0.4, -0.2) is 6.71 Å². The van der Waals surface area contributed by atoms with Gasteiger partial charge in [-0.05, 0) is 168 Å². The molecule has 64 heavy (non-hydrogen) atoms. The second kappa shape index (κ2) is 13.5. The van der Waals surface area contributed by atoms with Crippen molar-refractivity contribution >= 4 is 68.4 Å². The Labute approximate surface area is 386 Å². The molecule has 4 aliphatic rings. The average Bonchev–Trinajstić information content (AvgIpc) is 3.58. The van der Waals surface area contributed by atoms with E-state index in [4.69, 9.17) is 4.42 Å². The minimum atomic E-state index is -0.114. The Balaban J connectivity index is 1.35. The highest BCUT2D eigenvalue weighted by molar-refractivity contribution is 7.00. The fraction of sp³-hybridized carbons (Fsp3) is 0.467. The molecule has 0 atom stereocenters. The van der Waals surface area contributed by atoms with E-state index in [1.165, 1.54) is 102 Å². The molecule has 3 heterocycles. The van der Waals surface area contributed by atoms with Gasteiger partial charge in [0.25, 0.3) is 6.71 Å². The molecule has 0 amide bonds. The van der Waals surface area contributed by atoms with Crippen LogP contribution in [0.25, 0.3) is 11.0 Å². The van der Waals surface area contributed by atoms with E-state index in [0.29, 0.717) is 0 Å². The molecular weight excluding hydrogens is 775 g/mol. The molecule has 1 aromatic heterocycles. The summed E-state index contributed by atoms with van der Waals surface area (Å²) in [6.07, 6.45) is 4.68. The third kappa shape index (κ3) is 6.49. The summed E-state index contributed by atoms with van der Waals surface area (Å²) < 4.78 is 7.59. The van der Waals surface area contributed by atoms with Crippen LogP contribution in [0.3, 0.4) is 0 Å². The molecule has 10 rings (SSSR count). The fourth-order valence-electron chi connectivity index (χ4n) is 11.8. The molecule has 0 fully saturated rings. The molecule has 6 aromatic rings. The lowest BCUT2D eigenvalue weighted by molar-refractivity contribution is 0.332. The molecule has 0 saturated carbocycles. The Morgan fingerprint density at radius 1 is 0.453 bits per heavy atom. The second-order valence-electron chi connectivity index (χ2n) is 26.1. The van der Waals surface area contributed by atoms with Crippen molar-refractivity contribution in [3.63, 3.8) is 0 Å². The van der Waals surface area contributed by atoms with Crippen LogP contribution in [0.2, 0.25) is 0 Å². The highest BCUT2D eigenvalue weighted by Gasteiger charge is 2.49. The van der Waals surface area contributed by atoms with Gasteiger partial charge >= 0.3 is 0 Å². The Bertz CT molecular complexity index is 2900. The topological polar surface area (TPSA) is 19.6 Å². The summed E-state index contributed by atoms with van der Waals surface area (Å²) in [6.45, 7) is 40.5. The van der Waals surface area contributed by atoms with Crippen LogP contribution in [0.15, 0.2) is 89.3 Å². The van der Waals surface area contributed by atoms with E-state index in [0.717, 1.165) is 24.1 Å². The molecule has 332 valence electrons. The van der Waals surface area contributed by atoms with E-state index in [-0.39, 0.29) is 44.6 Å². The Morgan fingerprint density at radius 2 is 0.922 bits per heavy atom. The van der Waals surface area contributed by atoms with Gasteiger partial charge in [-0.1, -0.05) is 148 Å². The predicted molar refractivity (Wildman–Crippen MR) is 277 cm³/mol. The first-order chi connectivity index (χ1) is 29.6. The van der Waals surface area contributed by atoms with Crippen LogP contribution in [0, 0.1) is 0 Å². The summed E-state index contributed by atoms with van der Waals surface area (Å²) >= 11 is 0. The second-order valence-corrected chi connectivity index (χ2v) is 26.1. The number of fused-ring (bicyclic) bond motifs is 8. The van der Waals surface area contributed by atoms with E-state index < -0.39 is 0 Å². The summed E-state index contributed by atoms with van der Waals surface area (Å²) in [5, 5.41) is 1.22. The largest absolute Gasteiger partial charge is 0.468 e. The third-order valence-corrected chi connectivity index (χ3v) is 16.5. The van der Waals surface area contributed by atoms with E-state index >= 15 is 0 Å². The van der Waals surface area contributed by atoms with Gasteiger partial charge in [-0.25, -0.2) is 0 Å². The van der Waals surface area contributed by atoms with Crippen molar-refractivity contribution in [1.82, 2.24) is 0 Å². The minimum absolute atomic E-state index is 0.0309. The van der Waals surface area contributed by atoms with Gasteiger partial charge in [-0.3, -0.25) is 0 Å². The van der Waals surface area contributed by atoms with Crippen molar-refractivity contribution in [3.8, 4) is 0 Å². The maximum Gasteiger partial charge on any atom is 0.297 e. The molecule has 0 radical (unpaired) electrons. The van der Waals surface area contributed by atoms with Gasteiger partial charge in [0.15, 0.2) is 0 Å². The lowest BCUT2D eigenvalue weighted by atomic mass is 9.35. The molecule has 4 heteroatoms. The summed E-state index contributed by atoms with van der Waals surface area (Å²) in [6, 6.07) is 34.3. The average molecular weight is 849 g/mol. The van der Waals surface area contributed by atoms with Gasteiger partial charge < -0.3 is 14.2 Å². The summed E-state index contributed by atoms with van der Waals surface area (Å²) in [5.41, 5.74) is 22.0. The van der Waals surface area contributed by atoms with Gasteiger partial charge in [0.05, 0.1) is 11.3 Å². The quantitative estimate of drug-likeness (QED) is 0.162. The summed E-state index contributed by atoms with van der Waals surface area (Å²) in [7, 11) is 0. The summed E-state index contributed by atoms with van der Waals surface area (Å²) in [4.78, 5) is 5.24. The molecule has 2 aliphatic heterocycles. The first-order valence-electron chi connectivity index (χ1n) is 24.4. The minimum Gasteiger partial charge on any atom is -0.468 e. The van der Waals surface area contributed by atoms with Crippen LogP contribution >= 0.6 is 0 Å². The zero-order chi connectivity index (χ0) is 46.1. The van der Waals surface area contributed by atoms with Crippen LogP contribution in [0.5, 0.6) is 0 Å². The van der Waals surface area contributed by atoms with Crippen LogP contribution in [0.1, 0.15) is 182 Å². The third-order valence-electron chi connectivity index (χ3n) is 16.5. The van der Waals surface area contributed by atoms with Gasteiger partial charge in [-0.2, -0.15) is 0 Å². The van der Waals surface area contributed by atoms with E-state index in [1.54, 1.807) is 0 Å². The zero-order valence-electron chi connectivity index (χ0n) is 42.3. The molecule has 0 saturated heterocycles. The number of benzene rings is 5. The van der Waals surface area contributed by atoms with E-state index in [2.05, 4.69) is 212 Å². The highest BCUT2D eigenvalue weighted by Crippen LogP contribution is 2.54. The Kier molecular flexibility index (Phi) is 9.08. The highest BCUT2D eigenvalue weighted by atomic mass is 16.3. The Morgan fingerprint density at radius 3 is 1.48 bits per heavy atom. The van der Waals surface area contributed by atoms with Gasteiger partial charge in [-0.15, -0.1) is 0 Å². The smallest absolute Gasteiger partial charge is 0.297 e. The van der Waals surface area contributed by atoms with E-state index in [9.17, 15) is 0 Å². The Hall–Kier alpha value is -4.70.